The number of carbonyl (C=O) groups is 1. The Labute approximate surface area is 253 Å². The highest BCUT2D eigenvalue weighted by atomic mass is 32.1. The first kappa shape index (κ1) is 34.1. The molecule has 11 heteroatoms. The second-order valence-corrected chi connectivity index (χ2v) is 10.4. The number of amides is 1. The summed E-state index contributed by atoms with van der Waals surface area (Å²) in [4.78, 5) is 11.4. The molecule has 0 bridgehead atoms. The molecule has 0 aliphatic heterocycles. The lowest BCUT2D eigenvalue weighted by atomic mass is 9.79. The van der Waals surface area contributed by atoms with Crippen molar-refractivity contribution < 1.29 is 22.7 Å². The van der Waals surface area contributed by atoms with E-state index in [0.717, 1.165) is 42.7 Å². The van der Waals surface area contributed by atoms with E-state index < -0.39 is 18.6 Å². The molecule has 0 spiro atoms. The number of nitrogens with two attached hydrogens (primary N) is 1. The zero-order chi connectivity index (χ0) is 28.2. The van der Waals surface area contributed by atoms with Crippen molar-refractivity contribution in [2.24, 2.45) is 17.6 Å². The highest BCUT2D eigenvalue weighted by Crippen LogP contribution is 2.34. The van der Waals surface area contributed by atoms with Gasteiger partial charge >= 0.3 is 6.18 Å². The van der Waals surface area contributed by atoms with Gasteiger partial charge in [-0.15, -0.1) is 0 Å². The summed E-state index contributed by atoms with van der Waals surface area (Å²) in [6, 6.07) is 12.2. The molecular formula is C30H39F3N4O2S2. The van der Waals surface area contributed by atoms with Crippen molar-refractivity contribution in [2.75, 3.05) is 24.3 Å². The SMILES string of the molecule is COc1cc(C(N)=O)ccc1NCC#Cc1cc2c(NC3CCC(C(C)C)CC3)cccc2n1CC(F)(F)F.S.S. The molecule has 1 aliphatic rings. The summed E-state index contributed by atoms with van der Waals surface area (Å²) >= 11 is 0. The van der Waals surface area contributed by atoms with E-state index in [4.69, 9.17) is 10.5 Å². The van der Waals surface area contributed by atoms with Crippen molar-refractivity contribution in [3.8, 4) is 17.6 Å². The van der Waals surface area contributed by atoms with E-state index in [1.54, 1.807) is 30.3 Å². The Balaban J connectivity index is 0.00000294. The van der Waals surface area contributed by atoms with Gasteiger partial charge in [0.2, 0.25) is 5.91 Å². The third-order valence-corrected chi connectivity index (χ3v) is 7.43. The molecule has 0 atom stereocenters. The molecule has 1 aromatic heterocycles. The first-order chi connectivity index (χ1) is 18.6. The molecular weight excluding hydrogens is 569 g/mol. The molecule has 4 rings (SSSR count). The van der Waals surface area contributed by atoms with Crippen molar-refractivity contribution in [1.29, 1.82) is 0 Å². The van der Waals surface area contributed by atoms with E-state index in [9.17, 15) is 18.0 Å². The summed E-state index contributed by atoms with van der Waals surface area (Å²) < 4.78 is 47.2. The van der Waals surface area contributed by atoms with Gasteiger partial charge in [0.05, 0.1) is 30.6 Å². The molecule has 4 N–H and O–H groups in total. The lowest BCUT2D eigenvalue weighted by Gasteiger charge is -2.32. The number of nitrogens with zero attached hydrogens (tertiary/aromatic N) is 1. The Morgan fingerprint density at radius 2 is 1.80 bits per heavy atom. The summed E-state index contributed by atoms with van der Waals surface area (Å²) in [5.41, 5.74) is 7.83. The Morgan fingerprint density at radius 1 is 1.10 bits per heavy atom. The van der Waals surface area contributed by atoms with E-state index >= 15 is 0 Å². The number of ether oxygens (including phenoxy) is 1. The Morgan fingerprint density at radius 3 is 2.41 bits per heavy atom. The summed E-state index contributed by atoms with van der Waals surface area (Å²) in [5, 5.41) is 7.41. The van der Waals surface area contributed by atoms with Crippen LogP contribution in [0.4, 0.5) is 24.5 Å². The second-order valence-electron chi connectivity index (χ2n) is 10.4. The molecule has 224 valence electrons. The van der Waals surface area contributed by atoms with Gasteiger partial charge in [0.1, 0.15) is 12.3 Å². The van der Waals surface area contributed by atoms with Gasteiger partial charge in [-0.05, 0) is 79.8 Å². The number of benzene rings is 2. The van der Waals surface area contributed by atoms with Crippen LogP contribution < -0.4 is 21.1 Å². The van der Waals surface area contributed by atoms with Gasteiger partial charge in [0, 0.05) is 22.7 Å². The summed E-state index contributed by atoms with van der Waals surface area (Å²) in [6.45, 7) is 3.55. The third-order valence-electron chi connectivity index (χ3n) is 7.43. The van der Waals surface area contributed by atoms with Gasteiger partial charge in [0.15, 0.2) is 0 Å². The monoisotopic (exact) mass is 608 g/mol. The molecule has 3 aromatic rings. The maximum atomic E-state index is 13.5. The number of fused-ring (bicyclic) bond motifs is 1. The highest BCUT2D eigenvalue weighted by Gasteiger charge is 2.30. The van der Waals surface area contributed by atoms with Crippen LogP contribution in [0.1, 0.15) is 55.6 Å². The molecule has 1 heterocycles. The number of alkyl halides is 3. The van der Waals surface area contributed by atoms with Crippen LogP contribution in [-0.4, -0.2) is 36.3 Å². The number of primary amides is 1. The van der Waals surface area contributed by atoms with Gasteiger partial charge in [-0.2, -0.15) is 40.2 Å². The average Bonchev–Trinajstić information content (AvgIpc) is 3.23. The lowest BCUT2D eigenvalue weighted by Crippen LogP contribution is -2.27. The zero-order valence-electron chi connectivity index (χ0n) is 23.5. The van der Waals surface area contributed by atoms with Gasteiger partial charge in [-0.3, -0.25) is 4.79 Å². The molecule has 0 unspecified atom stereocenters. The van der Waals surface area contributed by atoms with Gasteiger partial charge in [-0.25, -0.2) is 0 Å². The lowest BCUT2D eigenvalue weighted by molar-refractivity contribution is -0.140. The predicted molar refractivity (Wildman–Crippen MR) is 170 cm³/mol. The number of methoxy groups -OCH3 is 1. The standard InChI is InChI=1S/C30H35F3N4O2.2H2S/c1-19(2)20-9-12-22(13-10-20)36-25-7-4-8-27-24(25)17-23(37(27)18-30(31,32)33)6-5-15-35-26-14-11-21(29(34)38)16-28(26)39-3;;/h4,7-8,11,14,16-17,19-20,22,35-36H,9-10,12-13,15,18H2,1-3H3,(H2,34,38);2*1H2. The minimum Gasteiger partial charge on any atom is -0.495 e. The third kappa shape index (κ3) is 8.69. The minimum atomic E-state index is -4.39. The van der Waals surface area contributed by atoms with Crippen LogP contribution in [0.2, 0.25) is 0 Å². The highest BCUT2D eigenvalue weighted by molar-refractivity contribution is 7.59. The molecule has 1 amide bonds. The van der Waals surface area contributed by atoms with Crippen LogP contribution in [0.5, 0.6) is 5.75 Å². The molecule has 6 nitrogen and oxygen atoms in total. The second kappa shape index (κ2) is 14.7. The Kier molecular flexibility index (Phi) is 12.2. The van der Waals surface area contributed by atoms with Gasteiger partial charge in [0.25, 0.3) is 0 Å². The van der Waals surface area contributed by atoms with Crippen LogP contribution >= 0.6 is 27.0 Å². The van der Waals surface area contributed by atoms with E-state index in [1.807, 2.05) is 6.07 Å². The van der Waals surface area contributed by atoms with Crippen molar-refractivity contribution in [3.05, 3.63) is 53.7 Å². The molecule has 1 fully saturated rings. The number of hydrogen-bond donors (Lipinski definition) is 3. The van der Waals surface area contributed by atoms with E-state index in [0.29, 0.717) is 34.5 Å². The van der Waals surface area contributed by atoms with Crippen molar-refractivity contribution in [1.82, 2.24) is 4.57 Å². The van der Waals surface area contributed by atoms with Crippen LogP contribution in [-0.2, 0) is 6.54 Å². The topological polar surface area (TPSA) is 81.3 Å². The Bertz CT molecular complexity index is 1390. The number of nitrogens with one attached hydrogen (secondary N) is 2. The zero-order valence-corrected chi connectivity index (χ0v) is 25.5. The van der Waals surface area contributed by atoms with Crippen LogP contribution in [0, 0.1) is 23.7 Å². The molecule has 1 aliphatic carbocycles. The fourth-order valence-electron chi connectivity index (χ4n) is 5.28. The number of hydrogen-bond acceptors (Lipinski definition) is 4. The molecule has 2 aromatic carbocycles. The molecule has 41 heavy (non-hydrogen) atoms. The molecule has 0 saturated heterocycles. The number of carbonyl (C=O) groups excluding carboxylic acids is 1. The maximum Gasteiger partial charge on any atom is 0.406 e. The van der Waals surface area contributed by atoms with Crippen LogP contribution in [0.15, 0.2) is 42.5 Å². The summed E-state index contributed by atoms with van der Waals surface area (Å²) in [7, 11) is 1.47. The minimum absolute atomic E-state index is 0. The van der Waals surface area contributed by atoms with E-state index in [-0.39, 0.29) is 39.2 Å². The first-order valence-electron chi connectivity index (χ1n) is 13.2. The van der Waals surface area contributed by atoms with Crippen molar-refractivity contribution >= 4 is 55.2 Å². The van der Waals surface area contributed by atoms with E-state index in [1.165, 1.54) is 17.7 Å². The molecule has 1 saturated carbocycles. The van der Waals surface area contributed by atoms with Crippen molar-refractivity contribution in [2.45, 2.75) is 58.3 Å². The number of rotatable bonds is 8. The number of aromatic nitrogens is 1. The summed E-state index contributed by atoms with van der Waals surface area (Å²) in [6.07, 6.45) is 0.00454. The van der Waals surface area contributed by atoms with E-state index in [2.05, 4.69) is 36.3 Å². The van der Waals surface area contributed by atoms with Crippen LogP contribution in [0.3, 0.4) is 0 Å². The number of halogens is 3. The molecule has 0 radical (unpaired) electrons. The Hall–Kier alpha value is -3.10. The van der Waals surface area contributed by atoms with Crippen molar-refractivity contribution in [3.63, 3.8) is 0 Å². The number of anilines is 2. The fraction of sp³-hybridized carbons (Fsp3) is 0.433. The van der Waals surface area contributed by atoms with Crippen LogP contribution in [0.25, 0.3) is 10.9 Å². The quantitative estimate of drug-likeness (QED) is 0.251. The smallest absolute Gasteiger partial charge is 0.406 e. The fourth-order valence-corrected chi connectivity index (χ4v) is 5.28. The maximum absolute atomic E-state index is 13.5. The largest absolute Gasteiger partial charge is 0.495 e. The summed E-state index contributed by atoms with van der Waals surface area (Å²) in [5.74, 6) is 7.07. The van der Waals surface area contributed by atoms with Gasteiger partial charge in [-0.1, -0.05) is 25.8 Å². The average molecular weight is 609 g/mol. The normalized spacial score (nSPS) is 16.7. The first-order valence-corrected chi connectivity index (χ1v) is 13.2. The predicted octanol–water partition coefficient (Wildman–Crippen LogP) is 6.63. The van der Waals surface area contributed by atoms with Gasteiger partial charge < -0.3 is 25.7 Å².